The Morgan fingerprint density at radius 1 is 1.42 bits per heavy atom. The third-order valence-corrected chi connectivity index (χ3v) is 4.23. The molecule has 8 heteroatoms. The monoisotopic (exact) mass is 354 g/mol. The standard InChI is InChI=1S/C18H22N6O2/c1-11-21-8-15(16(19)9-23-20-2)18(24-11)26-10-12-6-14(12)17-5-4-13(25-3)7-22-17/h4-5,7-9,12,14,23H,2,6,10,19H2,1,3H3/b16-9-. The smallest absolute Gasteiger partial charge is 0.226 e. The molecule has 2 unspecified atom stereocenters. The Kier molecular flexibility index (Phi) is 5.31. The lowest BCUT2D eigenvalue weighted by atomic mass is 10.2. The highest BCUT2D eigenvalue weighted by atomic mass is 16.5. The van der Waals surface area contributed by atoms with E-state index in [2.05, 4.69) is 32.2 Å². The number of nitrogens with zero attached hydrogens (tertiary/aromatic N) is 4. The molecule has 1 aliphatic carbocycles. The number of methoxy groups -OCH3 is 1. The largest absolute Gasteiger partial charge is 0.495 e. The predicted molar refractivity (Wildman–Crippen MR) is 98.8 cm³/mol. The number of hydrazone groups is 1. The molecule has 0 spiro atoms. The minimum absolute atomic E-state index is 0.395. The predicted octanol–water partition coefficient (Wildman–Crippen LogP) is 1.83. The molecular weight excluding hydrogens is 332 g/mol. The van der Waals surface area contributed by atoms with Gasteiger partial charge in [0.2, 0.25) is 5.88 Å². The number of rotatable bonds is 8. The van der Waals surface area contributed by atoms with Gasteiger partial charge in [-0.1, -0.05) is 0 Å². The van der Waals surface area contributed by atoms with Crippen molar-refractivity contribution in [1.82, 2.24) is 20.4 Å². The quantitative estimate of drug-likeness (QED) is 0.550. The zero-order valence-electron chi connectivity index (χ0n) is 14.8. The second-order valence-electron chi connectivity index (χ2n) is 6.06. The fourth-order valence-corrected chi connectivity index (χ4v) is 2.66. The molecule has 2 aromatic heterocycles. The van der Waals surface area contributed by atoms with Gasteiger partial charge in [0.05, 0.1) is 31.2 Å². The Hall–Kier alpha value is -3.16. The third kappa shape index (κ3) is 4.08. The Bertz CT molecular complexity index is 806. The van der Waals surface area contributed by atoms with Gasteiger partial charge in [-0.15, -0.1) is 0 Å². The summed E-state index contributed by atoms with van der Waals surface area (Å²) in [5.74, 6) is 2.64. The number of hydrogen-bond donors (Lipinski definition) is 2. The van der Waals surface area contributed by atoms with Crippen LogP contribution in [-0.2, 0) is 0 Å². The molecule has 0 bridgehead atoms. The average molecular weight is 354 g/mol. The van der Waals surface area contributed by atoms with Crippen molar-refractivity contribution in [3.8, 4) is 11.6 Å². The van der Waals surface area contributed by atoms with E-state index in [1.165, 1.54) is 6.20 Å². The van der Waals surface area contributed by atoms with Crippen LogP contribution in [0.2, 0.25) is 0 Å². The lowest BCUT2D eigenvalue weighted by Crippen LogP contribution is -2.10. The van der Waals surface area contributed by atoms with Crippen molar-refractivity contribution in [1.29, 1.82) is 0 Å². The molecule has 3 rings (SSSR count). The molecule has 0 aromatic carbocycles. The van der Waals surface area contributed by atoms with Crippen LogP contribution >= 0.6 is 0 Å². The average Bonchev–Trinajstić information content (AvgIpc) is 3.44. The number of aromatic nitrogens is 3. The van der Waals surface area contributed by atoms with Gasteiger partial charge in [-0.05, 0) is 25.5 Å². The zero-order valence-corrected chi connectivity index (χ0v) is 14.8. The first-order valence-corrected chi connectivity index (χ1v) is 8.26. The molecule has 26 heavy (non-hydrogen) atoms. The lowest BCUT2D eigenvalue weighted by Gasteiger charge is -2.11. The normalized spacial score (nSPS) is 18.9. The maximum atomic E-state index is 6.03. The SMILES string of the molecule is C=NN/C=C(\N)c1cnc(C)nc1OCC1CC1c1ccc(OC)cn1. The van der Waals surface area contributed by atoms with Crippen molar-refractivity contribution in [3.63, 3.8) is 0 Å². The molecule has 1 fully saturated rings. The Labute approximate surface area is 152 Å². The highest BCUT2D eigenvalue weighted by Gasteiger charge is 2.40. The Balaban J connectivity index is 1.65. The minimum Gasteiger partial charge on any atom is -0.495 e. The number of nitrogens with one attached hydrogen (secondary N) is 1. The molecule has 0 radical (unpaired) electrons. The molecule has 0 saturated heterocycles. The van der Waals surface area contributed by atoms with Crippen LogP contribution in [-0.4, -0.2) is 35.4 Å². The van der Waals surface area contributed by atoms with Crippen LogP contribution in [0.5, 0.6) is 11.6 Å². The summed E-state index contributed by atoms with van der Waals surface area (Å²) in [7, 11) is 1.63. The highest BCUT2D eigenvalue weighted by Crippen LogP contribution is 2.47. The second kappa shape index (κ2) is 7.81. The van der Waals surface area contributed by atoms with Crippen molar-refractivity contribution < 1.29 is 9.47 Å². The summed E-state index contributed by atoms with van der Waals surface area (Å²) in [5.41, 5.74) is 10.7. The van der Waals surface area contributed by atoms with Gasteiger partial charge in [0.1, 0.15) is 11.6 Å². The van der Waals surface area contributed by atoms with Crippen molar-refractivity contribution in [2.24, 2.45) is 16.8 Å². The number of pyridine rings is 1. The third-order valence-electron chi connectivity index (χ3n) is 4.23. The summed E-state index contributed by atoms with van der Waals surface area (Å²) in [6.45, 7) is 5.69. The molecule has 136 valence electrons. The van der Waals surface area contributed by atoms with Crippen LogP contribution in [0.25, 0.3) is 5.70 Å². The van der Waals surface area contributed by atoms with Gasteiger partial charge >= 0.3 is 0 Å². The van der Waals surface area contributed by atoms with Crippen LogP contribution < -0.4 is 20.6 Å². The first kappa shape index (κ1) is 17.7. The van der Waals surface area contributed by atoms with Crippen LogP contribution in [0.1, 0.15) is 29.4 Å². The van der Waals surface area contributed by atoms with Crippen molar-refractivity contribution >= 4 is 12.4 Å². The maximum Gasteiger partial charge on any atom is 0.226 e. The highest BCUT2D eigenvalue weighted by molar-refractivity contribution is 5.65. The first-order valence-electron chi connectivity index (χ1n) is 8.26. The van der Waals surface area contributed by atoms with Crippen LogP contribution in [0, 0.1) is 12.8 Å². The molecule has 1 aliphatic rings. The van der Waals surface area contributed by atoms with Gasteiger partial charge in [0.15, 0.2) is 0 Å². The minimum atomic E-state index is 0.395. The number of aryl methyl sites for hydroxylation is 1. The molecular formula is C18H22N6O2. The Morgan fingerprint density at radius 2 is 2.27 bits per heavy atom. The fourth-order valence-electron chi connectivity index (χ4n) is 2.66. The van der Waals surface area contributed by atoms with Gasteiger partial charge < -0.3 is 15.2 Å². The van der Waals surface area contributed by atoms with Crippen LogP contribution in [0.15, 0.2) is 35.8 Å². The van der Waals surface area contributed by atoms with Gasteiger partial charge in [0, 0.05) is 36.6 Å². The maximum absolute atomic E-state index is 6.03. The molecule has 1 saturated carbocycles. The summed E-state index contributed by atoms with van der Waals surface area (Å²) in [4.78, 5) is 13.0. The molecule has 0 aliphatic heterocycles. The summed E-state index contributed by atoms with van der Waals surface area (Å²) in [5, 5.41) is 3.53. The summed E-state index contributed by atoms with van der Waals surface area (Å²) in [6.07, 6.45) is 5.94. The lowest BCUT2D eigenvalue weighted by molar-refractivity contribution is 0.283. The second-order valence-corrected chi connectivity index (χ2v) is 6.06. The zero-order chi connectivity index (χ0) is 18.5. The van der Waals surface area contributed by atoms with E-state index in [0.717, 1.165) is 17.9 Å². The van der Waals surface area contributed by atoms with E-state index in [-0.39, 0.29) is 0 Å². The van der Waals surface area contributed by atoms with Crippen LogP contribution in [0.4, 0.5) is 0 Å². The van der Waals surface area contributed by atoms with E-state index >= 15 is 0 Å². The fraction of sp³-hybridized carbons (Fsp3) is 0.333. The van der Waals surface area contributed by atoms with Gasteiger partial charge in [-0.2, -0.15) is 10.1 Å². The van der Waals surface area contributed by atoms with E-state index in [9.17, 15) is 0 Å². The molecule has 2 aromatic rings. The number of hydrogen-bond acceptors (Lipinski definition) is 8. The number of ether oxygens (including phenoxy) is 2. The number of nitrogens with two attached hydrogens (primary N) is 1. The van der Waals surface area contributed by atoms with E-state index in [4.69, 9.17) is 15.2 Å². The van der Waals surface area contributed by atoms with E-state index < -0.39 is 0 Å². The molecule has 3 N–H and O–H groups in total. The van der Waals surface area contributed by atoms with Gasteiger partial charge in [0.25, 0.3) is 0 Å². The van der Waals surface area contributed by atoms with Gasteiger partial charge in [-0.3, -0.25) is 10.4 Å². The summed E-state index contributed by atoms with van der Waals surface area (Å²) in [6, 6.07) is 3.93. The van der Waals surface area contributed by atoms with E-state index in [1.807, 2.05) is 12.1 Å². The van der Waals surface area contributed by atoms with Gasteiger partial charge in [-0.25, -0.2) is 4.98 Å². The summed E-state index contributed by atoms with van der Waals surface area (Å²) >= 11 is 0. The molecule has 8 nitrogen and oxygen atoms in total. The Morgan fingerprint density at radius 3 is 2.96 bits per heavy atom. The van der Waals surface area contributed by atoms with Crippen molar-refractivity contribution in [2.75, 3.05) is 13.7 Å². The molecule has 2 atom stereocenters. The van der Waals surface area contributed by atoms with Crippen LogP contribution in [0.3, 0.4) is 0 Å². The molecule has 0 amide bonds. The van der Waals surface area contributed by atoms with Crippen molar-refractivity contribution in [3.05, 3.63) is 47.8 Å². The van der Waals surface area contributed by atoms with E-state index in [1.54, 1.807) is 26.4 Å². The van der Waals surface area contributed by atoms with Crippen molar-refractivity contribution in [2.45, 2.75) is 19.3 Å². The molecule has 2 heterocycles. The topological polar surface area (TPSA) is 108 Å². The summed E-state index contributed by atoms with van der Waals surface area (Å²) < 4.78 is 11.1. The first-order chi connectivity index (χ1) is 12.6. The van der Waals surface area contributed by atoms with E-state index in [0.29, 0.717) is 41.4 Å².